The Morgan fingerprint density at radius 1 is 1.64 bits per heavy atom. The van der Waals surface area contributed by atoms with E-state index in [2.05, 4.69) is 10.2 Å². The molecule has 0 saturated carbocycles. The third kappa shape index (κ3) is 2.10. The zero-order chi connectivity index (χ0) is 10.0. The molecule has 0 aromatic carbocycles. The van der Waals surface area contributed by atoms with Crippen molar-refractivity contribution in [1.29, 1.82) is 0 Å². The van der Waals surface area contributed by atoms with Crippen molar-refractivity contribution in [3.8, 4) is 5.19 Å². The van der Waals surface area contributed by atoms with Crippen LogP contribution in [0.15, 0.2) is 0 Å². The molecule has 5 nitrogen and oxygen atoms in total. The minimum atomic E-state index is -1.39. The molecule has 0 bridgehead atoms. The minimum absolute atomic E-state index is 0.0539. The fourth-order valence-corrected chi connectivity index (χ4v) is 1.63. The third-order valence-corrected chi connectivity index (χ3v) is 2.60. The van der Waals surface area contributed by atoms with Crippen molar-refractivity contribution < 1.29 is 13.9 Å². The van der Waals surface area contributed by atoms with Crippen molar-refractivity contribution in [3.63, 3.8) is 0 Å². The van der Waals surface area contributed by atoms with Crippen molar-refractivity contribution in [2.24, 2.45) is 0 Å². The first kappa shape index (κ1) is 9.60. The van der Waals surface area contributed by atoms with Crippen LogP contribution < -0.4 is 10.5 Å². The third-order valence-electron chi connectivity index (χ3n) is 1.93. The Labute approximate surface area is 84.0 Å². The second kappa shape index (κ2) is 3.66. The van der Waals surface area contributed by atoms with Gasteiger partial charge in [-0.25, -0.2) is 4.39 Å². The fourth-order valence-electron chi connectivity index (χ4n) is 1.17. The predicted molar refractivity (Wildman–Crippen MR) is 49.1 cm³/mol. The van der Waals surface area contributed by atoms with E-state index in [0.29, 0.717) is 23.4 Å². The number of rotatable bonds is 3. The van der Waals surface area contributed by atoms with Gasteiger partial charge >= 0.3 is 0 Å². The van der Waals surface area contributed by atoms with Crippen LogP contribution in [-0.2, 0) is 4.74 Å². The number of alkyl halides is 1. The number of nitrogens with two attached hydrogens (primary N) is 1. The zero-order valence-electron chi connectivity index (χ0n) is 7.40. The SMILES string of the molecule is Nc1nnc(OCC2(F)CCOC2)s1. The van der Waals surface area contributed by atoms with Gasteiger partial charge in [0.05, 0.1) is 6.61 Å². The number of aromatic nitrogens is 2. The standard InChI is InChI=1S/C7H10FN3O2S/c8-7(1-2-12-3-7)4-13-6-11-10-5(9)14-6/h1-4H2,(H2,9,10). The average Bonchev–Trinajstić information content (AvgIpc) is 2.73. The smallest absolute Gasteiger partial charge is 0.295 e. The maximum Gasteiger partial charge on any atom is 0.295 e. The molecule has 0 spiro atoms. The Hall–Kier alpha value is -0.950. The molecule has 1 fully saturated rings. The van der Waals surface area contributed by atoms with Crippen LogP contribution in [0.4, 0.5) is 9.52 Å². The molecule has 1 aliphatic rings. The first-order valence-corrected chi connectivity index (χ1v) is 4.98. The van der Waals surface area contributed by atoms with Crippen LogP contribution in [0.2, 0.25) is 0 Å². The summed E-state index contributed by atoms with van der Waals surface area (Å²) in [4.78, 5) is 0. The molecule has 1 aromatic heterocycles. The molecule has 0 amide bonds. The lowest BCUT2D eigenvalue weighted by molar-refractivity contribution is 0.0639. The topological polar surface area (TPSA) is 70.3 Å². The largest absolute Gasteiger partial charge is 0.465 e. The van der Waals surface area contributed by atoms with Crippen molar-refractivity contribution >= 4 is 16.5 Å². The van der Waals surface area contributed by atoms with E-state index in [9.17, 15) is 4.39 Å². The van der Waals surface area contributed by atoms with Gasteiger partial charge in [0.2, 0.25) is 5.13 Å². The van der Waals surface area contributed by atoms with E-state index in [1.165, 1.54) is 0 Å². The lowest BCUT2D eigenvalue weighted by Crippen LogP contribution is -2.31. The summed E-state index contributed by atoms with van der Waals surface area (Å²) in [6, 6.07) is 0. The van der Waals surface area contributed by atoms with Gasteiger partial charge in [-0.3, -0.25) is 0 Å². The predicted octanol–water partition coefficient (Wildman–Crippen LogP) is 0.628. The van der Waals surface area contributed by atoms with E-state index >= 15 is 0 Å². The Morgan fingerprint density at radius 2 is 2.50 bits per heavy atom. The van der Waals surface area contributed by atoms with Crippen LogP contribution in [0.1, 0.15) is 6.42 Å². The summed E-state index contributed by atoms with van der Waals surface area (Å²) in [7, 11) is 0. The number of ether oxygens (including phenoxy) is 2. The number of anilines is 1. The van der Waals surface area contributed by atoms with E-state index in [-0.39, 0.29) is 13.2 Å². The monoisotopic (exact) mass is 219 g/mol. The molecule has 7 heteroatoms. The van der Waals surface area contributed by atoms with Crippen LogP contribution in [0, 0.1) is 0 Å². The van der Waals surface area contributed by atoms with E-state index in [1.54, 1.807) is 0 Å². The molecule has 2 N–H and O–H groups in total. The van der Waals surface area contributed by atoms with Gasteiger partial charge in [-0.05, 0) is 11.3 Å². The number of nitrogens with zero attached hydrogens (tertiary/aromatic N) is 2. The number of hydrogen-bond donors (Lipinski definition) is 1. The Bertz CT molecular complexity index is 314. The van der Waals surface area contributed by atoms with Crippen molar-refractivity contribution in [2.75, 3.05) is 25.6 Å². The second-order valence-corrected chi connectivity index (χ2v) is 4.12. The highest BCUT2D eigenvalue weighted by atomic mass is 32.1. The zero-order valence-corrected chi connectivity index (χ0v) is 8.22. The van der Waals surface area contributed by atoms with Crippen molar-refractivity contribution in [2.45, 2.75) is 12.1 Å². The molecular formula is C7H10FN3O2S. The number of hydrogen-bond acceptors (Lipinski definition) is 6. The highest BCUT2D eigenvalue weighted by Crippen LogP contribution is 2.26. The number of halogens is 1. The normalized spacial score (nSPS) is 26.6. The summed E-state index contributed by atoms with van der Waals surface area (Å²) in [5.74, 6) is 0. The maximum atomic E-state index is 13.7. The van der Waals surface area contributed by atoms with E-state index in [1.807, 2.05) is 0 Å². The van der Waals surface area contributed by atoms with Crippen LogP contribution in [0.5, 0.6) is 5.19 Å². The lowest BCUT2D eigenvalue weighted by Gasteiger charge is -2.15. The van der Waals surface area contributed by atoms with Gasteiger partial charge in [-0.15, -0.1) is 5.10 Å². The van der Waals surface area contributed by atoms with E-state index < -0.39 is 5.67 Å². The van der Waals surface area contributed by atoms with Crippen LogP contribution >= 0.6 is 11.3 Å². The summed E-state index contributed by atoms with van der Waals surface area (Å²) in [5, 5.41) is 7.79. The quantitative estimate of drug-likeness (QED) is 0.807. The summed E-state index contributed by atoms with van der Waals surface area (Å²) in [6.07, 6.45) is 0.362. The van der Waals surface area contributed by atoms with E-state index in [0.717, 1.165) is 11.3 Å². The van der Waals surface area contributed by atoms with Gasteiger partial charge in [0.25, 0.3) is 5.19 Å². The number of nitrogen functional groups attached to an aromatic ring is 1. The molecule has 1 aromatic rings. The van der Waals surface area contributed by atoms with Gasteiger partial charge in [0, 0.05) is 13.0 Å². The first-order chi connectivity index (χ1) is 6.68. The van der Waals surface area contributed by atoms with Gasteiger partial charge < -0.3 is 15.2 Å². The Balaban J connectivity index is 1.87. The maximum absolute atomic E-state index is 13.7. The molecule has 0 aliphatic carbocycles. The molecule has 1 saturated heterocycles. The summed E-state index contributed by atoms with van der Waals surface area (Å²) < 4.78 is 23.7. The van der Waals surface area contributed by atoms with Gasteiger partial charge in [0.1, 0.15) is 6.61 Å². The highest BCUT2D eigenvalue weighted by molar-refractivity contribution is 7.16. The van der Waals surface area contributed by atoms with Crippen LogP contribution in [-0.4, -0.2) is 35.7 Å². The van der Waals surface area contributed by atoms with E-state index in [4.69, 9.17) is 15.2 Å². The molecule has 2 rings (SSSR count). The second-order valence-electron chi connectivity index (χ2n) is 3.15. The average molecular weight is 219 g/mol. The Morgan fingerprint density at radius 3 is 3.07 bits per heavy atom. The molecule has 1 unspecified atom stereocenters. The molecule has 14 heavy (non-hydrogen) atoms. The molecule has 1 aliphatic heterocycles. The van der Waals surface area contributed by atoms with Gasteiger partial charge in [-0.2, -0.15) is 0 Å². The molecule has 0 radical (unpaired) electrons. The minimum Gasteiger partial charge on any atom is -0.465 e. The Kier molecular flexibility index (Phi) is 2.51. The van der Waals surface area contributed by atoms with Crippen molar-refractivity contribution in [1.82, 2.24) is 10.2 Å². The fraction of sp³-hybridized carbons (Fsp3) is 0.714. The highest BCUT2D eigenvalue weighted by Gasteiger charge is 2.36. The molecule has 2 heterocycles. The lowest BCUT2D eigenvalue weighted by atomic mass is 10.1. The van der Waals surface area contributed by atoms with Crippen LogP contribution in [0.25, 0.3) is 0 Å². The van der Waals surface area contributed by atoms with Crippen LogP contribution in [0.3, 0.4) is 0 Å². The van der Waals surface area contributed by atoms with Gasteiger partial charge in [0.15, 0.2) is 5.67 Å². The van der Waals surface area contributed by atoms with Gasteiger partial charge in [-0.1, -0.05) is 5.10 Å². The summed E-state index contributed by atoms with van der Waals surface area (Å²) in [6.45, 7) is 0.473. The molecular weight excluding hydrogens is 209 g/mol. The molecule has 1 atom stereocenters. The summed E-state index contributed by atoms with van der Waals surface area (Å²) >= 11 is 1.10. The summed E-state index contributed by atoms with van der Waals surface area (Å²) in [5.41, 5.74) is 3.95. The molecule has 78 valence electrons. The first-order valence-electron chi connectivity index (χ1n) is 4.16. The van der Waals surface area contributed by atoms with Crippen molar-refractivity contribution in [3.05, 3.63) is 0 Å².